The maximum absolute atomic E-state index is 12.3. The van der Waals surface area contributed by atoms with Crippen LogP contribution in [0.25, 0.3) is 0 Å². The summed E-state index contributed by atoms with van der Waals surface area (Å²) in [4.78, 5) is 24.3. The van der Waals surface area contributed by atoms with E-state index in [0.717, 1.165) is 19.3 Å². The van der Waals surface area contributed by atoms with E-state index in [2.05, 4.69) is 13.8 Å². The van der Waals surface area contributed by atoms with Gasteiger partial charge in [0.05, 0.1) is 11.5 Å². The molecule has 2 saturated carbocycles. The molecule has 4 fully saturated rings. The van der Waals surface area contributed by atoms with Crippen LogP contribution < -0.4 is 0 Å². The zero-order valence-corrected chi connectivity index (χ0v) is 15.7. The van der Waals surface area contributed by atoms with Crippen molar-refractivity contribution in [1.82, 2.24) is 0 Å². The zero-order chi connectivity index (χ0) is 18.1. The van der Waals surface area contributed by atoms with E-state index in [1.807, 2.05) is 13.8 Å². The third kappa shape index (κ3) is 2.24. The molecule has 2 saturated heterocycles. The number of carbonyl (C=O) groups excluding carboxylic acids is 2. The number of allylic oxidation sites excluding steroid dienone is 1. The smallest absolute Gasteiger partial charge is 0.333 e. The summed E-state index contributed by atoms with van der Waals surface area (Å²) in [6.07, 6.45) is 4.02. The van der Waals surface area contributed by atoms with Gasteiger partial charge in [-0.1, -0.05) is 19.9 Å². The summed E-state index contributed by atoms with van der Waals surface area (Å²) in [5.74, 6) is 0.260. The molecule has 138 valence electrons. The minimum absolute atomic E-state index is 0.0282. The van der Waals surface area contributed by atoms with E-state index in [1.54, 1.807) is 13.0 Å². The molecule has 25 heavy (non-hydrogen) atoms. The zero-order valence-electron chi connectivity index (χ0n) is 15.7. The number of hydrogen-bond acceptors (Lipinski definition) is 5. The predicted molar refractivity (Wildman–Crippen MR) is 90.6 cm³/mol. The molecule has 0 unspecified atom stereocenters. The van der Waals surface area contributed by atoms with Gasteiger partial charge in [0, 0.05) is 23.8 Å². The van der Waals surface area contributed by atoms with Crippen LogP contribution in [-0.2, 0) is 23.8 Å². The number of hydrogen-bond donors (Lipinski definition) is 0. The van der Waals surface area contributed by atoms with Crippen molar-refractivity contribution < 1.29 is 23.8 Å². The number of epoxide rings is 1. The van der Waals surface area contributed by atoms with Gasteiger partial charge in [0.1, 0.15) is 17.8 Å². The second-order valence-electron chi connectivity index (χ2n) is 8.71. The number of rotatable bonds is 2. The van der Waals surface area contributed by atoms with Crippen LogP contribution in [0.1, 0.15) is 53.9 Å². The van der Waals surface area contributed by atoms with Crippen LogP contribution in [0.4, 0.5) is 0 Å². The summed E-state index contributed by atoms with van der Waals surface area (Å²) in [5.41, 5.74) is 0.116. The molecular weight excluding hydrogens is 320 g/mol. The fourth-order valence-electron chi connectivity index (χ4n) is 5.74. The second kappa shape index (κ2) is 5.32. The molecule has 1 spiro atoms. The molecule has 8 atom stereocenters. The van der Waals surface area contributed by atoms with Gasteiger partial charge in [0.15, 0.2) is 0 Å². The van der Waals surface area contributed by atoms with Crippen molar-refractivity contribution in [3.63, 3.8) is 0 Å². The van der Waals surface area contributed by atoms with Gasteiger partial charge in [0.25, 0.3) is 0 Å². The van der Waals surface area contributed by atoms with Gasteiger partial charge >= 0.3 is 11.9 Å². The van der Waals surface area contributed by atoms with Crippen LogP contribution in [0.5, 0.6) is 0 Å². The highest BCUT2D eigenvalue weighted by molar-refractivity contribution is 5.87. The SMILES string of the molecule is C/C=C(/C)C(=O)O[C@H]1C[C@@]2(C)O[C@]23C[C@H]2[C@H](C)C(=O)O[C@@H]2C[C@@H](C)[C@H]13. The number of fused-ring (bicyclic) bond motifs is 1. The third-order valence-corrected chi connectivity index (χ3v) is 7.32. The lowest BCUT2D eigenvalue weighted by Crippen LogP contribution is -2.37. The lowest BCUT2D eigenvalue weighted by Gasteiger charge is -2.30. The molecule has 2 aliphatic heterocycles. The van der Waals surface area contributed by atoms with Crippen molar-refractivity contribution >= 4 is 11.9 Å². The molecule has 4 rings (SSSR count). The van der Waals surface area contributed by atoms with Crippen LogP contribution in [0.3, 0.4) is 0 Å². The highest BCUT2D eigenvalue weighted by Crippen LogP contribution is 2.69. The van der Waals surface area contributed by atoms with Gasteiger partial charge in [-0.15, -0.1) is 0 Å². The highest BCUT2D eigenvalue weighted by Gasteiger charge is 2.80. The Morgan fingerprint density at radius 2 is 2.04 bits per heavy atom. The summed E-state index contributed by atoms with van der Waals surface area (Å²) >= 11 is 0. The minimum atomic E-state index is -0.275. The fraction of sp³-hybridized carbons (Fsp3) is 0.800. The molecule has 0 amide bonds. The molecule has 0 radical (unpaired) electrons. The van der Waals surface area contributed by atoms with Gasteiger partial charge in [-0.2, -0.15) is 0 Å². The van der Waals surface area contributed by atoms with Crippen molar-refractivity contribution in [2.75, 3.05) is 0 Å². The van der Waals surface area contributed by atoms with E-state index in [-0.39, 0.29) is 59.0 Å². The fourth-order valence-corrected chi connectivity index (χ4v) is 5.74. The molecule has 2 heterocycles. The number of esters is 2. The Bertz CT molecular complexity index is 654. The van der Waals surface area contributed by atoms with Crippen molar-refractivity contribution in [3.8, 4) is 0 Å². The maximum atomic E-state index is 12.3. The summed E-state index contributed by atoms with van der Waals surface area (Å²) in [6.45, 7) is 9.91. The van der Waals surface area contributed by atoms with E-state index in [4.69, 9.17) is 14.2 Å². The van der Waals surface area contributed by atoms with Gasteiger partial charge in [-0.3, -0.25) is 4.79 Å². The average molecular weight is 348 g/mol. The van der Waals surface area contributed by atoms with E-state index >= 15 is 0 Å². The normalized spacial score (nSPS) is 51.1. The van der Waals surface area contributed by atoms with E-state index < -0.39 is 0 Å². The lowest BCUT2D eigenvalue weighted by atomic mass is 9.77. The maximum Gasteiger partial charge on any atom is 0.333 e. The molecule has 2 aliphatic carbocycles. The van der Waals surface area contributed by atoms with Crippen molar-refractivity contribution in [2.24, 2.45) is 23.7 Å². The van der Waals surface area contributed by atoms with Gasteiger partial charge in [0.2, 0.25) is 0 Å². The van der Waals surface area contributed by atoms with E-state index in [9.17, 15) is 9.59 Å². The van der Waals surface area contributed by atoms with Crippen molar-refractivity contribution in [1.29, 1.82) is 0 Å². The summed E-state index contributed by atoms with van der Waals surface area (Å²) in [6, 6.07) is 0. The first-order valence-electron chi connectivity index (χ1n) is 9.47. The monoisotopic (exact) mass is 348 g/mol. The Kier molecular flexibility index (Phi) is 3.63. The van der Waals surface area contributed by atoms with Gasteiger partial charge in [-0.05, 0) is 39.5 Å². The van der Waals surface area contributed by atoms with Gasteiger partial charge < -0.3 is 14.2 Å². The minimum Gasteiger partial charge on any atom is -0.462 e. The molecular formula is C20H28O5. The Hall–Kier alpha value is -1.36. The van der Waals surface area contributed by atoms with Crippen LogP contribution >= 0.6 is 0 Å². The largest absolute Gasteiger partial charge is 0.462 e. The quantitative estimate of drug-likeness (QED) is 0.436. The first-order chi connectivity index (χ1) is 11.7. The molecule has 0 N–H and O–H groups in total. The van der Waals surface area contributed by atoms with Crippen LogP contribution in [0, 0.1) is 23.7 Å². The molecule has 5 heteroatoms. The molecule has 0 bridgehead atoms. The lowest BCUT2D eigenvalue weighted by molar-refractivity contribution is -0.150. The Morgan fingerprint density at radius 1 is 1.32 bits per heavy atom. The molecule has 4 aliphatic rings. The van der Waals surface area contributed by atoms with E-state index in [1.165, 1.54) is 0 Å². The Labute approximate surface area is 149 Å². The predicted octanol–water partition coefficient (Wildman–Crippen LogP) is 3.02. The first kappa shape index (κ1) is 17.1. The molecule has 0 aromatic carbocycles. The molecule has 0 aromatic rings. The van der Waals surface area contributed by atoms with Crippen LogP contribution in [0.2, 0.25) is 0 Å². The van der Waals surface area contributed by atoms with E-state index in [0.29, 0.717) is 5.57 Å². The summed E-state index contributed by atoms with van der Waals surface area (Å²) in [7, 11) is 0. The standard InChI is InChI=1S/C20H28O5/c1-6-10(2)17(21)24-15-9-19(5)20(25-19)8-13-12(4)18(22)23-14(13)7-11(3)16(15)20/h6,11-16H,7-9H2,1-5H3/b10-6-/t11-,12+,13+,14-,15+,16-,19-,20+/m1/s1. The second-order valence-corrected chi connectivity index (χ2v) is 8.71. The molecule has 0 aromatic heterocycles. The summed E-state index contributed by atoms with van der Waals surface area (Å²) < 4.78 is 17.8. The highest BCUT2D eigenvalue weighted by atomic mass is 16.6. The van der Waals surface area contributed by atoms with Crippen LogP contribution in [0.15, 0.2) is 11.6 Å². The van der Waals surface area contributed by atoms with Crippen molar-refractivity contribution in [3.05, 3.63) is 11.6 Å². The Morgan fingerprint density at radius 3 is 2.72 bits per heavy atom. The Balaban J connectivity index is 1.62. The number of ether oxygens (including phenoxy) is 3. The summed E-state index contributed by atoms with van der Waals surface area (Å²) in [5, 5.41) is 0. The topological polar surface area (TPSA) is 65.1 Å². The third-order valence-electron chi connectivity index (χ3n) is 7.32. The van der Waals surface area contributed by atoms with Crippen molar-refractivity contribution in [2.45, 2.75) is 77.3 Å². The number of carbonyl (C=O) groups is 2. The average Bonchev–Trinajstić information content (AvgIpc) is 2.98. The molecule has 5 nitrogen and oxygen atoms in total. The van der Waals surface area contributed by atoms with Gasteiger partial charge in [-0.25, -0.2) is 4.79 Å². The van der Waals surface area contributed by atoms with Crippen LogP contribution in [-0.4, -0.2) is 35.3 Å². The first-order valence-corrected chi connectivity index (χ1v) is 9.47.